The second-order valence-electron chi connectivity index (χ2n) is 10.0. The third kappa shape index (κ3) is 2.45. The Hall–Kier alpha value is -1.13. The number of carbonyl (C=O) groups excluding carboxylic acids is 1. The van der Waals surface area contributed by atoms with Gasteiger partial charge in [0, 0.05) is 12.7 Å². The van der Waals surface area contributed by atoms with Gasteiger partial charge in [-0.15, -0.1) is 0 Å². The number of aliphatic hydroxyl groups excluding tert-OH is 2. The predicted molar refractivity (Wildman–Crippen MR) is 102 cm³/mol. The highest BCUT2D eigenvalue weighted by Crippen LogP contribution is 2.66. The van der Waals surface area contributed by atoms with E-state index in [9.17, 15) is 15.0 Å². The lowest BCUT2D eigenvalue weighted by molar-refractivity contribution is -0.135. The number of ether oxygens (including phenoxy) is 1. The molecule has 0 aromatic rings. The minimum atomic E-state index is -0.184. The van der Waals surface area contributed by atoms with Gasteiger partial charge in [0.1, 0.15) is 6.61 Å². The van der Waals surface area contributed by atoms with Crippen LogP contribution in [-0.4, -0.2) is 35.5 Å². The van der Waals surface area contributed by atoms with Gasteiger partial charge in [-0.1, -0.05) is 18.6 Å². The number of hydrogen-bond donors (Lipinski definition) is 2. The van der Waals surface area contributed by atoms with Gasteiger partial charge in [0.2, 0.25) is 0 Å². The zero-order chi connectivity index (χ0) is 18.8. The van der Waals surface area contributed by atoms with Crippen LogP contribution in [-0.2, 0) is 9.53 Å². The number of rotatable bonds is 2. The van der Waals surface area contributed by atoms with Gasteiger partial charge >= 0.3 is 5.97 Å². The van der Waals surface area contributed by atoms with Crippen LogP contribution in [0.1, 0.15) is 58.3 Å². The van der Waals surface area contributed by atoms with Gasteiger partial charge in [-0.3, -0.25) is 0 Å². The van der Waals surface area contributed by atoms with E-state index in [-0.39, 0.29) is 29.5 Å². The summed E-state index contributed by atoms with van der Waals surface area (Å²) in [6.07, 6.45) is 12.3. The van der Waals surface area contributed by atoms with E-state index in [1.165, 1.54) is 12.0 Å². The Labute approximate surface area is 161 Å². The minimum absolute atomic E-state index is 0.00804. The van der Waals surface area contributed by atoms with E-state index in [4.69, 9.17) is 4.74 Å². The van der Waals surface area contributed by atoms with Crippen molar-refractivity contribution in [1.82, 2.24) is 0 Å². The number of esters is 1. The largest absolute Gasteiger partial charge is 0.458 e. The van der Waals surface area contributed by atoms with Gasteiger partial charge in [-0.05, 0) is 91.4 Å². The van der Waals surface area contributed by atoms with Crippen LogP contribution in [0.4, 0.5) is 0 Å². The van der Waals surface area contributed by atoms with Crippen molar-refractivity contribution < 1.29 is 19.7 Å². The average Bonchev–Trinajstić information content (AvgIpc) is 3.23. The molecule has 5 aliphatic rings. The number of cyclic esters (lactones) is 1. The van der Waals surface area contributed by atoms with Crippen molar-refractivity contribution in [2.24, 2.45) is 34.5 Å². The Morgan fingerprint density at radius 2 is 2.07 bits per heavy atom. The van der Waals surface area contributed by atoms with Gasteiger partial charge in [0.05, 0.1) is 6.10 Å². The smallest absolute Gasteiger partial charge is 0.331 e. The maximum Gasteiger partial charge on any atom is 0.331 e. The van der Waals surface area contributed by atoms with Crippen LogP contribution in [0.25, 0.3) is 0 Å². The predicted octanol–water partition coefficient (Wildman–Crippen LogP) is 3.38. The van der Waals surface area contributed by atoms with E-state index in [2.05, 4.69) is 13.0 Å². The third-order valence-electron chi connectivity index (χ3n) is 9.17. The van der Waals surface area contributed by atoms with Crippen molar-refractivity contribution in [2.45, 2.75) is 64.4 Å². The van der Waals surface area contributed by atoms with Crippen molar-refractivity contribution >= 4 is 5.97 Å². The Morgan fingerprint density at radius 3 is 2.81 bits per heavy atom. The highest BCUT2D eigenvalue weighted by molar-refractivity contribution is 5.85. The topological polar surface area (TPSA) is 66.8 Å². The standard InChI is InChI=1S/C23H32O4/c1-22-8-7-20-17(3-2-15-11-16(25)6-9-23(15,20)13-24)19(22)5-4-18(22)14-10-21(26)27-12-14/h5,10,15-18,20,24-25H,2-4,6-9,11-13H2,1H3/t15-,16-,17-,18-,20-,22-,23+/m1/s1. The van der Waals surface area contributed by atoms with Crippen molar-refractivity contribution in [3.05, 3.63) is 23.3 Å². The summed E-state index contributed by atoms with van der Waals surface area (Å²) in [5.41, 5.74) is 2.92. The SMILES string of the molecule is C[C@]12CC[C@@H]3[C@H](CC[C@@H]4C[C@H](O)CC[C@]43CO)C1=CC[C@@H]2C1=CC(=O)OC1. The fraction of sp³-hybridized carbons (Fsp3) is 0.783. The molecule has 2 N–H and O–H groups in total. The van der Waals surface area contributed by atoms with Crippen LogP contribution in [0.3, 0.4) is 0 Å². The molecule has 0 aromatic carbocycles. The van der Waals surface area contributed by atoms with Gasteiger partial charge in [-0.2, -0.15) is 0 Å². The van der Waals surface area contributed by atoms with E-state index in [1.54, 1.807) is 11.6 Å². The lowest BCUT2D eigenvalue weighted by Crippen LogP contribution is -2.55. The molecule has 0 aromatic heterocycles. The lowest BCUT2D eigenvalue weighted by atomic mass is 9.45. The number of fused-ring (bicyclic) bond motifs is 5. The van der Waals surface area contributed by atoms with Crippen molar-refractivity contribution in [3.63, 3.8) is 0 Å². The van der Waals surface area contributed by atoms with Crippen LogP contribution in [0.5, 0.6) is 0 Å². The van der Waals surface area contributed by atoms with E-state index < -0.39 is 0 Å². The summed E-state index contributed by atoms with van der Waals surface area (Å²) in [7, 11) is 0. The third-order valence-corrected chi connectivity index (χ3v) is 9.17. The summed E-state index contributed by atoms with van der Waals surface area (Å²) < 4.78 is 5.21. The van der Waals surface area contributed by atoms with Gasteiger partial charge < -0.3 is 14.9 Å². The van der Waals surface area contributed by atoms with Crippen LogP contribution in [0.15, 0.2) is 23.3 Å². The molecule has 1 heterocycles. The number of carbonyl (C=O) groups is 1. The molecule has 0 amide bonds. The van der Waals surface area contributed by atoms with E-state index >= 15 is 0 Å². The second kappa shape index (κ2) is 6.18. The van der Waals surface area contributed by atoms with E-state index in [0.717, 1.165) is 44.9 Å². The van der Waals surface area contributed by atoms with Gasteiger partial charge in [0.25, 0.3) is 0 Å². The van der Waals surface area contributed by atoms with E-state index in [0.29, 0.717) is 30.3 Å². The zero-order valence-electron chi connectivity index (χ0n) is 16.3. The zero-order valence-corrected chi connectivity index (χ0v) is 16.3. The molecule has 4 aliphatic carbocycles. The van der Waals surface area contributed by atoms with Gasteiger partial charge in [-0.25, -0.2) is 4.79 Å². The molecule has 3 fully saturated rings. The molecule has 1 aliphatic heterocycles. The van der Waals surface area contributed by atoms with Crippen LogP contribution in [0.2, 0.25) is 0 Å². The first-order valence-electron chi connectivity index (χ1n) is 10.8. The molecule has 7 atom stereocenters. The molecule has 0 radical (unpaired) electrons. The molecule has 0 saturated heterocycles. The Balaban J connectivity index is 1.45. The molecule has 5 rings (SSSR count). The molecule has 3 saturated carbocycles. The van der Waals surface area contributed by atoms with E-state index in [1.807, 2.05) is 0 Å². The van der Waals surface area contributed by atoms with Crippen LogP contribution >= 0.6 is 0 Å². The lowest BCUT2D eigenvalue weighted by Gasteiger charge is -2.60. The molecule has 27 heavy (non-hydrogen) atoms. The Morgan fingerprint density at radius 1 is 1.22 bits per heavy atom. The minimum Gasteiger partial charge on any atom is -0.458 e. The van der Waals surface area contributed by atoms with Crippen molar-refractivity contribution in [3.8, 4) is 0 Å². The molecular formula is C23H32O4. The summed E-state index contributed by atoms with van der Waals surface area (Å²) >= 11 is 0. The maximum absolute atomic E-state index is 11.6. The molecule has 4 nitrogen and oxygen atoms in total. The monoisotopic (exact) mass is 372 g/mol. The van der Waals surface area contributed by atoms with Crippen molar-refractivity contribution in [1.29, 1.82) is 0 Å². The number of hydrogen-bond acceptors (Lipinski definition) is 4. The molecule has 148 valence electrons. The molecule has 0 bridgehead atoms. The Bertz CT molecular complexity index is 709. The first-order chi connectivity index (χ1) is 13.0. The fourth-order valence-electron chi connectivity index (χ4n) is 7.82. The fourth-order valence-corrected chi connectivity index (χ4v) is 7.82. The molecular weight excluding hydrogens is 340 g/mol. The van der Waals surface area contributed by atoms with Gasteiger partial charge in [0.15, 0.2) is 0 Å². The van der Waals surface area contributed by atoms with Crippen molar-refractivity contribution in [2.75, 3.05) is 13.2 Å². The van der Waals surface area contributed by atoms with Crippen LogP contribution < -0.4 is 0 Å². The highest BCUT2D eigenvalue weighted by atomic mass is 16.5. The normalized spacial score (nSPS) is 48.9. The Kier molecular flexibility index (Phi) is 4.11. The maximum atomic E-state index is 11.6. The summed E-state index contributed by atoms with van der Waals surface area (Å²) in [5.74, 6) is 1.79. The summed E-state index contributed by atoms with van der Waals surface area (Å²) in [6, 6.07) is 0. The number of aliphatic hydroxyl groups is 2. The summed E-state index contributed by atoms with van der Waals surface area (Å²) in [6.45, 7) is 3.14. The summed E-state index contributed by atoms with van der Waals surface area (Å²) in [4.78, 5) is 11.6. The first kappa shape index (κ1) is 17.9. The quantitative estimate of drug-likeness (QED) is 0.576. The first-order valence-corrected chi connectivity index (χ1v) is 10.8. The second-order valence-corrected chi connectivity index (χ2v) is 10.0. The molecule has 0 unspecified atom stereocenters. The molecule has 4 heteroatoms. The highest BCUT2D eigenvalue weighted by Gasteiger charge is 2.59. The summed E-state index contributed by atoms with van der Waals surface area (Å²) in [5, 5.41) is 20.7. The van der Waals surface area contributed by atoms with Crippen LogP contribution in [0, 0.1) is 34.5 Å². The molecule has 0 spiro atoms. The average molecular weight is 373 g/mol. The number of allylic oxidation sites excluding steroid dienone is 2.